The lowest BCUT2D eigenvalue weighted by Crippen LogP contribution is -2.17. The number of nitrogens with zero attached hydrogens (tertiary/aromatic N) is 1. The molecule has 0 aliphatic heterocycles. The van der Waals surface area contributed by atoms with E-state index < -0.39 is 0 Å². The quantitative estimate of drug-likeness (QED) is 0.194. The zero-order chi connectivity index (χ0) is 27.3. The van der Waals surface area contributed by atoms with Crippen molar-refractivity contribution in [2.75, 3.05) is 39.7 Å². The molecule has 0 radical (unpaired) electrons. The van der Waals surface area contributed by atoms with Crippen LogP contribution in [0.5, 0.6) is 23.0 Å². The second kappa shape index (κ2) is 14.7. The van der Waals surface area contributed by atoms with Crippen molar-refractivity contribution >= 4 is 16.6 Å². The molecule has 38 heavy (non-hydrogen) atoms. The lowest BCUT2D eigenvalue weighted by molar-refractivity contribution is 0.369. The van der Waals surface area contributed by atoms with Crippen LogP contribution >= 0.6 is 0 Å². The van der Waals surface area contributed by atoms with Gasteiger partial charge in [-0.3, -0.25) is 4.98 Å². The second-order valence-electron chi connectivity index (χ2n) is 8.53. The maximum Gasteiger partial charge on any atom is 0.162 e. The highest BCUT2D eigenvalue weighted by molar-refractivity contribution is 5.91. The third kappa shape index (κ3) is 7.52. The van der Waals surface area contributed by atoms with Crippen molar-refractivity contribution in [1.82, 2.24) is 10.3 Å². The second-order valence-corrected chi connectivity index (χ2v) is 8.53. The number of benzene rings is 3. The fourth-order valence-corrected chi connectivity index (χ4v) is 4.20. The number of methoxy groups -OCH3 is 3. The van der Waals surface area contributed by atoms with Gasteiger partial charge in [0.25, 0.3) is 0 Å². The molecule has 0 aliphatic rings. The molecule has 202 valence electrons. The number of ether oxygens (including phenoxy) is 3. The summed E-state index contributed by atoms with van der Waals surface area (Å²) in [5, 5.41) is 18.2. The summed E-state index contributed by atoms with van der Waals surface area (Å²) in [6.45, 7) is 6.23. The van der Waals surface area contributed by atoms with Gasteiger partial charge in [-0.15, -0.1) is 0 Å². The molecule has 0 amide bonds. The Morgan fingerprint density at radius 2 is 1.58 bits per heavy atom. The van der Waals surface area contributed by atoms with Gasteiger partial charge in [0, 0.05) is 42.0 Å². The van der Waals surface area contributed by atoms with Crippen LogP contribution in [0.2, 0.25) is 0 Å². The molecular formula is C31H39N3O4. The minimum Gasteiger partial charge on any atom is -0.504 e. The maximum atomic E-state index is 10.2. The topological polar surface area (TPSA) is 84.9 Å². The van der Waals surface area contributed by atoms with Crippen LogP contribution in [0.15, 0.2) is 66.9 Å². The molecule has 4 aromatic rings. The van der Waals surface area contributed by atoms with Gasteiger partial charge in [0.05, 0.1) is 26.8 Å². The van der Waals surface area contributed by atoms with Crippen LogP contribution in [0, 0.1) is 0 Å². The zero-order valence-electron chi connectivity index (χ0n) is 23.0. The number of pyridine rings is 1. The van der Waals surface area contributed by atoms with Gasteiger partial charge in [-0.1, -0.05) is 38.1 Å². The van der Waals surface area contributed by atoms with Gasteiger partial charge in [0.2, 0.25) is 0 Å². The molecule has 0 saturated heterocycles. The standard InChI is InChI=1S/C29H33N3O4.C2H6/c1-34-23-15-21(16-24(18-23)35-2)14-20-8-9-25-26(10-13-32-27(25)17-20)31-12-5-11-30-19-22-6-4-7-28(36-3)29(22)33;1-2/h4,6-10,13,15-18,30,33H,5,11-12,14,19H2,1-3H3,(H,31,32);1-2H3. The Kier molecular flexibility index (Phi) is 11.1. The average Bonchev–Trinajstić information content (AvgIpc) is 2.96. The van der Waals surface area contributed by atoms with Crippen LogP contribution in [-0.4, -0.2) is 44.5 Å². The van der Waals surface area contributed by atoms with E-state index in [1.54, 1.807) is 27.4 Å². The van der Waals surface area contributed by atoms with Gasteiger partial charge >= 0.3 is 0 Å². The minimum absolute atomic E-state index is 0.193. The number of phenolic OH excluding ortho intramolecular Hbond substituents is 1. The number of anilines is 1. The number of hydrogen-bond donors (Lipinski definition) is 3. The first-order valence-corrected chi connectivity index (χ1v) is 13.0. The summed E-state index contributed by atoms with van der Waals surface area (Å²) in [6, 6.07) is 19.9. The first kappa shape index (κ1) is 28.6. The van der Waals surface area contributed by atoms with Gasteiger partial charge in [-0.2, -0.15) is 0 Å². The molecule has 0 spiro atoms. The van der Waals surface area contributed by atoms with Crippen molar-refractivity contribution < 1.29 is 19.3 Å². The van der Waals surface area contributed by atoms with Crippen LogP contribution in [-0.2, 0) is 13.0 Å². The number of fused-ring (bicyclic) bond motifs is 1. The molecule has 1 aromatic heterocycles. The van der Waals surface area contributed by atoms with Crippen molar-refractivity contribution in [3.63, 3.8) is 0 Å². The van der Waals surface area contributed by atoms with E-state index in [0.29, 0.717) is 12.3 Å². The van der Waals surface area contributed by atoms with Crippen molar-refractivity contribution in [3.05, 3.63) is 83.6 Å². The SMILES string of the molecule is CC.COc1cc(Cc2ccc3c(NCCCNCc4cccc(OC)c4O)ccnc3c2)cc(OC)c1. The number of aromatic nitrogens is 1. The molecule has 0 bridgehead atoms. The van der Waals surface area contributed by atoms with Crippen molar-refractivity contribution in [3.8, 4) is 23.0 Å². The predicted octanol–water partition coefficient (Wildman–Crippen LogP) is 6.18. The summed E-state index contributed by atoms with van der Waals surface area (Å²) in [5.74, 6) is 2.25. The Morgan fingerprint density at radius 3 is 2.29 bits per heavy atom. The number of rotatable bonds is 12. The summed E-state index contributed by atoms with van der Waals surface area (Å²) in [4.78, 5) is 4.59. The Morgan fingerprint density at radius 1 is 0.816 bits per heavy atom. The highest BCUT2D eigenvalue weighted by Crippen LogP contribution is 2.29. The number of hydrogen-bond acceptors (Lipinski definition) is 7. The highest BCUT2D eigenvalue weighted by Gasteiger charge is 2.08. The molecule has 0 fully saturated rings. The molecule has 4 rings (SSSR count). The van der Waals surface area contributed by atoms with Gasteiger partial charge < -0.3 is 30.0 Å². The number of para-hydroxylation sites is 1. The lowest BCUT2D eigenvalue weighted by Gasteiger charge is -2.12. The van der Waals surface area contributed by atoms with E-state index in [9.17, 15) is 5.11 Å². The fourth-order valence-electron chi connectivity index (χ4n) is 4.20. The molecule has 7 heteroatoms. The lowest BCUT2D eigenvalue weighted by atomic mass is 10.0. The van der Waals surface area contributed by atoms with E-state index in [4.69, 9.17) is 14.2 Å². The number of aromatic hydroxyl groups is 1. The van der Waals surface area contributed by atoms with E-state index in [1.165, 1.54) is 5.56 Å². The highest BCUT2D eigenvalue weighted by atomic mass is 16.5. The Labute approximate surface area is 225 Å². The van der Waals surface area contributed by atoms with Crippen LogP contribution in [0.25, 0.3) is 10.9 Å². The molecule has 3 aromatic carbocycles. The van der Waals surface area contributed by atoms with Gasteiger partial charge in [-0.05, 0) is 60.8 Å². The molecule has 0 saturated carbocycles. The van der Waals surface area contributed by atoms with Gasteiger partial charge in [0.15, 0.2) is 11.5 Å². The first-order chi connectivity index (χ1) is 18.6. The van der Waals surface area contributed by atoms with Crippen molar-refractivity contribution in [2.24, 2.45) is 0 Å². The monoisotopic (exact) mass is 517 g/mol. The zero-order valence-corrected chi connectivity index (χ0v) is 23.0. The van der Waals surface area contributed by atoms with E-state index in [2.05, 4.69) is 33.8 Å². The maximum absolute atomic E-state index is 10.2. The predicted molar refractivity (Wildman–Crippen MR) is 155 cm³/mol. The van der Waals surface area contributed by atoms with Crippen LogP contribution in [0.4, 0.5) is 5.69 Å². The van der Waals surface area contributed by atoms with Crippen LogP contribution < -0.4 is 24.8 Å². The van der Waals surface area contributed by atoms with E-state index in [1.807, 2.05) is 56.4 Å². The van der Waals surface area contributed by atoms with Gasteiger partial charge in [-0.25, -0.2) is 0 Å². The molecule has 0 aliphatic carbocycles. The molecule has 1 heterocycles. The van der Waals surface area contributed by atoms with E-state index >= 15 is 0 Å². The molecule has 0 unspecified atom stereocenters. The normalized spacial score (nSPS) is 10.4. The summed E-state index contributed by atoms with van der Waals surface area (Å²) >= 11 is 0. The van der Waals surface area contributed by atoms with E-state index in [-0.39, 0.29) is 5.75 Å². The summed E-state index contributed by atoms with van der Waals surface area (Å²) in [6.07, 6.45) is 3.54. The van der Waals surface area contributed by atoms with Crippen LogP contribution in [0.1, 0.15) is 37.0 Å². The summed E-state index contributed by atoms with van der Waals surface area (Å²) < 4.78 is 16.0. The van der Waals surface area contributed by atoms with Crippen LogP contribution in [0.3, 0.4) is 0 Å². The number of nitrogens with one attached hydrogen (secondary N) is 2. The van der Waals surface area contributed by atoms with Gasteiger partial charge in [0.1, 0.15) is 11.5 Å². The summed E-state index contributed by atoms with van der Waals surface area (Å²) in [7, 11) is 4.88. The first-order valence-electron chi connectivity index (χ1n) is 13.0. The Balaban J connectivity index is 0.00000195. The van der Waals surface area contributed by atoms with Crippen molar-refractivity contribution in [1.29, 1.82) is 0 Å². The Bertz CT molecular complexity index is 1290. The molecule has 7 nitrogen and oxygen atoms in total. The smallest absolute Gasteiger partial charge is 0.162 e. The summed E-state index contributed by atoms with van der Waals surface area (Å²) in [5.41, 5.74) is 5.15. The molecular weight excluding hydrogens is 478 g/mol. The van der Waals surface area contributed by atoms with E-state index in [0.717, 1.165) is 65.1 Å². The Hall–Kier alpha value is -3.97. The average molecular weight is 518 g/mol. The largest absolute Gasteiger partial charge is 0.504 e. The third-order valence-electron chi connectivity index (χ3n) is 6.09. The molecule has 3 N–H and O–H groups in total. The van der Waals surface area contributed by atoms with Crippen molar-refractivity contribution in [2.45, 2.75) is 33.2 Å². The third-order valence-corrected chi connectivity index (χ3v) is 6.09. The fraction of sp³-hybridized carbons (Fsp3) is 0.323. The number of phenols is 1. The molecule has 0 atom stereocenters. The minimum atomic E-state index is 0.193.